The van der Waals surface area contributed by atoms with Crippen molar-refractivity contribution in [2.24, 2.45) is 5.73 Å². The van der Waals surface area contributed by atoms with Crippen LogP contribution in [0.1, 0.15) is 33.5 Å². The second-order valence-corrected chi connectivity index (χ2v) is 6.61. The third-order valence-electron chi connectivity index (χ3n) is 3.22. The van der Waals surface area contributed by atoms with E-state index in [0.717, 1.165) is 17.2 Å². The Bertz CT molecular complexity index is 626. The van der Waals surface area contributed by atoms with Crippen LogP contribution in [0.3, 0.4) is 0 Å². The molecule has 1 unspecified atom stereocenters. The minimum Gasteiger partial charge on any atom is -0.344 e. The van der Waals surface area contributed by atoms with E-state index in [-0.39, 0.29) is 11.9 Å². The molecule has 3 rings (SSSR count). The van der Waals surface area contributed by atoms with Crippen molar-refractivity contribution in [3.63, 3.8) is 0 Å². The summed E-state index contributed by atoms with van der Waals surface area (Å²) in [5.74, 6) is 0.903. The summed E-state index contributed by atoms with van der Waals surface area (Å²) in [6.45, 7) is 0.376. The number of thiazole rings is 1. The van der Waals surface area contributed by atoms with E-state index in [1.165, 1.54) is 21.8 Å². The molecule has 4 nitrogen and oxygen atoms in total. The number of hydrogen-bond acceptors (Lipinski definition) is 5. The number of nitrogens with zero attached hydrogens (tertiary/aromatic N) is 1. The molecule has 0 aliphatic carbocycles. The molecular formula is C14H15N3OS2. The summed E-state index contributed by atoms with van der Waals surface area (Å²) in [6, 6.07) is 8.30. The van der Waals surface area contributed by atoms with Gasteiger partial charge in [-0.05, 0) is 18.1 Å². The van der Waals surface area contributed by atoms with Crippen LogP contribution in [0.4, 0.5) is 0 Å². The van der Waals surface area contributed by atoms with Gasteiger partial charge in [0.05, 0.1) is 6.04 Å². The monoisotopic (exact) mass is 305 g/mol. The van der Waals surface area contributed by atoms with Gasteiger partial charge in [-0.1, -0.05) is 18.2 Å². The second kappa shape index (κ2) is 5.95. The minimum absolute atomic E-state index is 0.0722. The largest absolute Gasteiger partial charge is 0.344 e. The molecule has 20 heavy (non-hydrogen) atoms. The van der Waals surface area contributed by atoms with Gasteiger partial charge in [0, 0.05) is 22.6 Å². The first-order chi connectivity index (χ1) is 9.78. The van der Waals surface area contributed by atoms with Gasteiger partial charge in [0.15, 0.2) is 0 Å². The van der Waals surface area contributed by atoms with Crippen LogP contribution in [-0.4, -0.2) is 16.6 Å². The summed E-state index contributed by atoms with van der Waals surface area (Å²) in [5, 5.41) is 5.63. The summed E-state index contributed by atoms with van der Waals surface area (Å²) in [5.41, 5.74) is 7.19. The molecule has 1 amide bonds. The van der Waals surface area contributed by atoms with Crippen LogP contribution < -0.4 is 11.1 Å². The zero-order valence-electron chi connectivity index (χ0n) is 10.8. The number of rotatable bonds is 3. The van der Waals surface area contributed by atoms with Gasteiger partial charge in [-0.3, -0.25) is 4.79 Å². The number of amides is 1. The Labute approximate surface area is 125 Å². The molecule has 1 aliphatic rings. The third kappa shape index (κ3) is 2.72. The van der Waals surface area contributed by atoms with E-state index >= 15 is 0 Å². The summed E-state index contributed by atoms with van der Waals surface area (Å²) >= 11 is 3.27. The molecule has 6 heteroatoms. The Balaban J connectivity index is 1.77. The fourth-order valence-electron chi connectivity index (χ4n) is 2.23. The zero-order valence-corrected chi connectivity index (χ0v) is 12.5. The van der Waals surface area contributed by atoms with E-state index in [1.54, 1.807) is 5.38 Å². The third-order valence-corrected chi connectivity index (χ3v) is 5.22. The van der Waals surface area contributed by atoms with Crippen molar-refractivity contribution >= 4 is 29.0 Å². The molecule has 1 aromatic carbocycles. The van der Waals surface area contributed by atoms with E-state index < -0.39 is 0 Å². The van der Waals surface area contributed by atoms with Crippen molar-refractivity contribution in [2.75, 3.05) is 5.75 Å². The van der Waals surface area contributed by atoms with Gasteiger partial charge in [0.1, 0.15) is 10.7 Å². The molecule has 0 radical (unpaired) electrons. The van der Waals surface area contributed by atoms with E-state index in [4.69, 9.17) is 5.73 Å². The van der Waals surface area contributed by atoms with E-state index in [0.29, 0.717) is 12.2 Å². The molecule has 0 saturated carbocycles. The highest BCUT2D eigenvalue weighted by molar-refractivity contribution is 7.99. The maximum atomic E-state index is 12.2. The fourth-order valence-corrected chi connectivity index (χ4v) is 4.01. The van der Waals surface area contributed by atoms with Gasteiger partial charge in [-0.25, -0.2) is 4.98 Å². The van der Waals surface area contributed by atoms with Crippen LogP contribution in [0.5, 0.6) is 0 Å². The minimum atomic E-state index is -0.118. The first-order valence-corrected chi connectivity index (χ1v) is 8.31. The summed E-state index contributed by atoms with van der Waals surface area (Å²) < 4.78 is 0. The number of carbonyl (C=O) groups excluding carboxylic acids is 1. The number of aromatic nitrogens is 1. The van der Waals surface area contributed by atoms with Gasteiger partial charge in [0.25, 0.3) is 5.91 Å². The molecule has 1 aromatic heterocycles. The lowest BCUT2D eigenvalue weighted by molar-refractivity contribution is 0.0930. The first kappa shape index (κ1) is 13.6. The molecular weight excluding hydrogens is 290 g/mol. The van der Waals surface area contributed by atoms with Crippen molar-refractivity contribution in [3.05, 3.63) is 45.9 Å². The standard InChI is InChI=1S/C14H15N3OS2/c15-7-13-16-11(8-20-13)14(18)17-10-5-6-19-12-4-2-1-3-9(10)12/h1-4,8,10H,5-7,15H2,(H,17,18). The van der Waals surface area contributed by atoms with Gasteiger partial charge in [0.2, 0.25) is 0 Å². The molecule has 2 heterocycles. The Morgan fingerprint density at radius 1 is 1.45 bits per heavy atom. The molecule has 3 N–H and O–H groups in total. The first-order valence-electron chi connectivity index (χ1n) is 6.45. The number of nitrogens with two attached hydrogens (primary N) is 1. The van der Waals surface area contributed by atoms with E-state index in [2.05, 4.69) is 22.4 Å². The van der Waals surface area contributed by atoms with Crippen LogP contribution in [0.2, 0.25) is 0 Å². The van der Waals surface area contributed by atoms with E-state index in [1.807, 2.05) is 23.9 Å². The summed E-state index contributed by atoms with van der Waals surface area (Å²) in [6.07, 6.45) is 0.946. The molecule has 1 aliphatic heterocycles. The molecule has 1 atom stereocenters. The predicted octanol–water partition coefficient (Wildman–Crippen LogP) is 2.57. The average Bonchev–Trinajstić information content (AvgIpc) is 2.97. The molecule has 0 spiro atoms. The fraction of sp³-hybridized carbons (Fsp3) is 0.286. The molecule has 0 bridgehead atoms. The Kier molecular flexibility index (Phi) is 4.05. The quantitative estimate of drug-likeness (QED) is 0.914. The number of thioether (sulfide) groups is 1. The maximum absolute atomic E-state index is 12.2. The highest BCUT2D eigenvalue weighted by Gasteiger charge is 2.23. The average molecular weight is 305 g/mol. The van der Waals surface area contributed by atoms with Crippen molar-refractivity contribution in [1.82, 2.24) is 10.3 Å². The number of hydrogen-bond donors (Lipinski definition) is 2. The Hall–Kier alpha value is -1.37. The lowest BCUT2D eigenvalue weighted by Crippen LogP contribution is -2.30. The number of carbonyl (C=O) groups is 1. The topological polar surface area (TPSA) is 68.0 Å². The van der Waals surface area contributed by atoms with Crippen LogP contribution in [0, 0.1) is 0 Å². The highest BCUT2D eigenvalue weighted by atomic mass is 32.2. The van der Waals surface area contributed by atoms with Gasteiger partial charge >= 0.3 is 0 Å². The number of fused-ring (bicyclic) bond motifs is 1. The lowest BCUT2D eigenvalue weighted by Gasteiger charge is -2.25. The van der Waals surface area contributed by atoms with Crippen LogP contribution in [-0.2, 0) is 6.54 Å². The Morgan fingerprint density at radius 2 is 2.30 bits per heavy atom. The SMILES string of the molecule is NCc1nc(C(=O)NC2CCSc3ccccc32)cs1. The van der Waals surface area contributed by atoms with Gasteiger partial charge < -0.3 is 11.1 Å². The number of nitrogens with one attached hydrogen (secondary N) is 1. The molecule has 0 fully saturated rings. The van der Waals surface area contributed by atoms with Gasteiger partial charge in [-0.15, -0.1) is 23.1 Å². The van der Waals surface area contributed by atoms with Gasteiger partial charge in [-0.2, -0.15) is 0 Å². The normalized spacial score (nSPS) is 17.6. The highest BCUT2D eigenvalue weighted by Crippen LogP contribution is 2.35. The van der Waals surface area contributed by atoms with E-state index in [9.17, 15) is 4.79 Å². The summed E-state index contributed by atoms with van der Waals surface area (Å²) in [4.78, 5) is 17.7. The maximum Gasteiger partial charge on any atom is 0.271 e. The van der Waals surface area contributed by atoms with Crippen LogP contribution in [0.15, 0.2) is 34.5 Å². The second-order valence-electron chi connectivity index (χ2n) is 4.53. The zero-order chi connectivity index (χ0) is 13.9. The summed E-state index contributed by atoms with van der Waals surface area (Å²) in [7, 11) is 0. The van der Waals surface area contributed by atoms with Crippen molar-refractivity contribution < 1.29 is 4.79 Å². The van der Waals surface area contributed by atoms with Crippen molar-refractivity contribution in [1.29, 1.82) is 0 Å². The van der Waals surface area contributed by atoms with Crippen LogP contribution >= 0.6 is 23.1 Å². The van der Waals surface area contributed by atoms with Crippen molar-refractivity contribution in [3.8, 4) is 0 Å². The smallest absolute Gasteiger partial charge is 0.271 e. The predicted molar refractivity (Wildman–Crippen MR) is 82.0 cm³/mol. The van der Waals surface area contributed by atoms with Crippen molar-refractivity contribution in [2.45, 2.75) is 23.9 Å². The number of benzene rings is 1. The van der Waals surface area contributed by atoms with Crippen LogP contribution in [0.25, 0.3) is 0 Å². The molecule has 2 aromatic rings. The lowest BCUT2D eigenvalue weighted by atomic mass is 10.0. The molecule has 0 saturated heterocycles. The molecule has 104 valence electrons. The Morgan fingerprint density at radius 3 is 3.10 bits per heavy atom.